The molecule has 0 radical (unpaired) electrons. The molecule has 1 N–H and O–H groups in total. The molecule has 1 aromatic carbocycles. The first-order chi connectivity index (χ1) is 9.04. The van der Waals surface area contributed by atoms with Crippen LogP contribution in [0.3, 0.4) is 0 Å². The van der Waals surface area contributed by atoms with E-state index in [9.17, 15) is 8.78 Å². The van der Waals surface area contributed by atoms with Crippen LogP contribution in [0.25, 0.3) is 0 Å². The lowest BCUT2D eigenvalue weighted by Gasteiger charge is -2.08. The molecule has 0 unspecified atom stereocenters. The standard InChI is InChI=1S/C13H14ClF2N3/c1-3-9-12(14)11(19(2)18-9)7-17-10-6-4-5-8(15)13(10)16/h4-6,17H,3,7H2,1-2H3. The maximum Gasteiger partial charge on any atom is 0.181 e. The molecule has 19 heavy (non-hydrogen) atoms. The maximum absolute atomic E-state index is 13.5. The largest absolute Gasteiger partial charge is 0.377 e. The fraction of sp³-hybridized carbons (Fsp3) is 0.308. The van der Waals surface area contributed by atoms with Crippen molar-refractivity contribution in [2.75, 3.05) is 5.32 Å². The van der Waals surface area contributed by atoms with E-state index in [1.54, 1.807) is 11.7 Å². The number of aryl methyl sites for hydroxylation is 2. The maximum atomic E-state index is 13.5. The predicted octanol–water partition coefficient (Wildman–Crippen LogP) is 3.53. The van der Waals surface area contributed by atoms with Gasteiger partial charge < -0.3 is 5.32 Å². The van der Waals surface area contributed by atoms with Gasteiger partial charge in [-0.05, 0) is 18.6 Å². The van der Waals surface area contributed by atoms with E-state index < -0.39 is 11.6 Å². The van der Waals surface area contributed by atoms with Gasteiger partial charge in [0.25, 0.3) is 0 Å². The average Bonchev–Trinajstić information content (AvgIpc) is 2.66. The van der Waals surface area contributed by atoms with E-state index in [2.05, 4.69) is 10.4 Å². The number of hydrogen-bond donors (Lipinski definition) is 1. The highest BCUT2D eigenvalue weighted by Crippen LogP contribution is 2.23. The van der Waals surface area contributed by atoms with Gasteiger partial charge in [-0.25, -0.2) is 8.78 Å². The van der Waals surface area contributed by atoms with Crippen LogP contribution in [0.2, 0.25) is 5.02 Å². The van der Waals surface area contributed by atoms with E-state index in [0.717, 1.165) is 23.9 Å². The Bertz CT molecular complexity index is 596. The van der Waals surface area contributed by atoms with Crippen LogP contribution in [-0.2, 0) is 20.0 Å². The van der Waals surface area contributed by atoms with E-state index in [0.29, 0.717) is 5.02 Å². The van der Waals surface area contributed by atoms with Crippen molar-refractivity contribution in [2.24, 2.45) is 7.05 Å². The van der Waals surface area contributed by atoms with Crippen LogP contribution in [0.4, 0.5) is 14.5 Å². The molecule has 102 valence electrons. The molecule has 6 heteroatoms. The number of anilines is 1. The Morgan fingerprint density at radius 2 is 2.11 bits per heavy atom. The Morgan fingerprint density at radius 1 is 1.37 bits per heavy atom. The van der Waals surface area contributed by atoms with Gasteiger partial charge in [0.1, 0.15) is 0 Å². The van der Waals surface area contributed by atoms with Gasteiger partial charge in [0.05, 0.1) is 28.6 Å². The zero-order valence-corrected chi connectivity index (χ0v) is 11.4. The molecule has 0 atom stereocenters. The van der Waals surface area contributed by atoms with Crippen LogP contribution in [0.5, 0.6) is 0 Å². The summed E-state index contributed by atoms with van der Waals surface area (Å²) in [6, 6.07) is 4.00. The zero-order valence-electron chi connectivity index (χ0n) is 10.7. The van der Waals surface area contributed by atoms with Crippen molar-refractivity contribution in [2.45, 2.75) is 19.9 Å². The fourth-order valence-electron chi connectivity index (χ4n) is 1.83. The predicted molar refractivity (Wildman–Crippen MR) is 71.3 cm³/mol. The van der Waals surface area contributed by atoms with Gasteiger partial charge >= 0.3 is 0 Å². The molecular formula is C13H14ClF2N3. The lowest BCUT2D eigenvalue weighted by Crippen LogP contribution is -2.07. The van der Waals surface area contributed by atoms with Crippen LogP contribution in [-0.4, -0.2) is 9.78 Å². The number of rotatable bonds is 4. The van der Waals surface area contributed by atoms with Gasteiger partial charge in [-0.15, -0.1) is 0 Å². The summed E-state index contributed by atoms with van der Waals surface area (Å²) >= 11 is 6.18. The van der Waals surface area contributed by atoms with Crippen LogP contribution in [0.15, 0.2) is 18.2 Å². The third-order valence-electron chi connectivity index (χ3n) is 2.90. The van der Waals surface area contributed by atoms with Gasteiger partial charge in [-0.2, -0.15) is 5.10 Å². The van der Waals surface area contributed by atoms with E-state index >= 15 is 0 Å². The molecule has 3 nitrogen and oxygen atoms in total. The average molecular weight is 286 g/mol. The third kappa shape index (κ3) is 2.71. The molecule has 0 fully saturated rings. The first kappa shape index (κ1) is 13.8. The smallest absolute Gasteiger partial charge is 0.181 e. The SMILES string of the molecule is CCc1nn(C)c(CNc2cccc(F)c2F)c1Cl. The summed E-state index contributed by atoms with van der Waals surface area (Å²) in [5.41, 5.74) is 1.64. The Hall–Kier alpha value is -1.62. The quantitative estimate of drug-likeness (QED) is 0.931. The number of halogens is 3. The van der Waals surface area contributed by atoms with Crippen molar-refractivity contribution >= 4 is 17.3 Å². The zero-order chi connectivity index (χ0) is 14.0. The van der Waals surface area contributed by atoms with Crippen molar-refractivity contribution in [1.29, 1.82) is 0 Å². The van der Waals surface area contributed by atoms with Crippen molar-refractivity contribution in [1.82, 2.24) is 9.78 Å². The van der Waals surface area contributed by atoms with Crippen molar-refractivity contribution in [3.05, 3.63) is 46.2 Å². The molecule has 1 heterocycles. The first-order valence-electron chi connectivity index (χ1n) is 5.92. The van der Waals surface area contributed by atoms with Gasteiger partial charge in [-0.1, -0.05) is 24.6 Å². The van der Waals surface area contributed by atoms with Gasteiger partial charge in [0.2, 0.25) is 0 Å². The van der Waals surface area contributed by atoms with Crippen molar-refractivity contribution in [3.8, 4) is 0 Å². The van der Waals surface area contributed by atoms with Crippen LogP contribution < -0.4 is 5.32 Å². The normalized spacial score (nSPS) is 10.8. The minimum atomic E-state index is -0.892. The molecule has 0 saturated heterocycles. The van der Waals surface area contributed by atoms with Crippen LogP contribution in [0, 0.1) is 11.6 Å². The molecular weight excluding hydrogens is 272 g/mol. The highest BCUT2D eigenvalue weighted by atomic mass is 35.5. The molecule has 0 aliphatic heterocycles. The second kappa shape index (κ2) is 5.57. The van der Waals surface area contributed by atoms with E-state index in [4.69, 9.17) is 11.6 Å². The molecule has 0 spiro atoms. The van der Waals surface area contributed by atoms with Gasteiger partial charge in [0.15, 0.2) is 11.6 Å². The summed E-state index contributed by atoms with van der Waals surface area (Å²) in [6.45, 7) is 2.24. The monoisotopic (exact) mass is 285 g/mol. The number of benzene rings is 1. The lowest BCUT2D eigenvalue weighted by atomic mass is 10.2. The molecule has 2 aromatic rings. The second-order valence-corrected chi connectivity index (χ2v) is 4.52. The molecule has 1 aromatic heterocycles. The minimum absolute atomic E-state index is 0.107. The van der Waals surface area contributed by atoms with Gasteiger partial charge in [-0.3, -0.25) is 4.68 Å². The summed E-state index contributed by atoms with van der Waals surface area (Å²) in [5, 5.41) is 7.65. The Morgan fingerprint density at radius 3 is 2.74 bits per heavy atom. The van der Waals surface area contributed by atoms with E-state index in [-0.39, 0.29) is 12.2 Å². The van der Waals surface area contributed by atoms with Crippen LogP contribution >= 0.6 is 11.6 Å². The summed E-state index contributed by atoms with van der Waals surface area (Å²) in [7, 11) is 1.77. The minimum Gasteiger partial charge on any atom is -0.377 e. The Kier molecular flexibility index (Phi) is 4.04. The Balaban J connectivity index is 2.19. The molecule has 2 rings (SSSR count). The highest BCUT2D eigenvalue weighted by molar-refractivity contribution is 6.31. The molecule has 0 amide bonds. The van der Waals surface area contributed by atoms with E-state index in [1.165, 1.54) is 12.1 Å². The summed E-state index contributed by atoms with van der Waals surface area (Å²) in [6.07, 6.45) is 0.723. The van der Waals surface area contributed by atoms with Crippen LogP contribution in [0.1, 0.15) is 18.3 Å². The van der Waals surface area contributed by atoms with Crippen molar-refractivity contribution in [3.63, 3.8) is 0 Å². The highest BCUT2D eigenvalue weighted by Gasteiger charge is 2.14. The first-order valence-corrected chi connectivity index (χ1v) is 6.30. The number of nitrogens with one attached hydrogen (secondary N) is 1. The summed E-state index contributed by atoms with van der Waals surface area (Å²) in [4.78, 5) is 0. The second-order valence-electron chi connectivity index (χ2n) is 4.14. The molecule has 0 saturated carbocycles. The summed E-state index contributed by atoms with van der Waals surface area (Å²) < 4.78 is 28.2. The topological polar surface area (TPSA) is 29.9 Å². The van der Waals surface area contributed by atoms with Gasteiger partial charge in [0, 0.05) is 7.05 Å². The molecule has 0 aliphatic rings. The third-order valence-corrected chi connectivity index (χ3v) is 3.34. The fourth-order valence-corrected chi connectivity index (χ4v) is 2.19. The Labute approximate surface area is 115 Å². The number of nitrogens with zero attached hydrogens (tertiary/aromatic N) is 2. The summed E-state index contributed by atoms with van der Waals surface area (Å²) in [5.74, 6) is -1.77. The molecule has 0 bridgehead atoms. The molecule has 0 aliphatic carbocycles. The number of hydrogen-bond acceptors (Lipinski definition) is 2. The van der Waals surface area contributed by atoms with E-state index in [1.807, 2.05) is 6.92 Å². The van der Waals surface area contributed by atoms with Crippen molar-refractivity contribution < 1.29 is 8.78 Å². The number of aromatic nitrogens is 2. The lowest BCUT2D eigenvalue weighted by molar-refractivity contribution is 0.510.